The van der Waals surface area contributed by atoms with E-state index in [2.05, 4.69) is 14.7 Å². The average molecular weight is 482 g/mol. The molecule has 0 aliphatic heterocycles. The Balaban J connectivity index is 1.94. The molecule has 1 unspecified atom stereocenters. The van der Waals surface area contributed by atoms with Crippen molar-refractivity contribution in [2.24, 2.45) is 5.92 Å². The van der Waals surface area contributed by atoms with Crippen LogP contribution in [0, 0.1) is 31.1 Å². The van der Waals surface area contributed by atoms with Crippen LogP contribution in [0.1, 0.15) is 35.8 Å². The molecule has 0 amide bonds. The van der Waals surface area contributed by atoms with E-state index >= 15 is 0 Å². The summed E-state index contributed by atoms with van der Waals surface area (Å²) >= 11 is 0. The molecule has 1 aliphatic rings. The zero-order chi connectivity index (χ0) is 25.1. The molecule has 1 atom stereocenters. The zero-order valence-corrected chi connectivity index (χ0v) is 19.6. The fourth-order valence-corrected chi connectivity index (χ4v) is 4.09. The van der Waals surface area contributed by atoms with E-state index in [9.17, 15) is 18.8 Å². The van der Waals surface area contributed by atoms with Crippen LogP contribution in [0.3, 0.4) is 0 Å². The van der Waals surface area contributed by atoms with Gasteiger partial charge < -0.3 is 14.0 Å². The molecule has 2 aromatic heterocycles. The van der Waals surface area contributed by atoms with E-state index in [0.29, 0.717) is 29.2 Å². The molecule has 182 valence electrons. The molecule has 1 aliphatic carbocycles. The van der Waals surface area contributed by atoms with E-state index in [0.717, 1.165) is 12.8 Å². The summed E-state index contributed by atoms with van der Waals surface area (Å²) < 4.78 is 37.1. The number of para-hydroxylation sites is 1. The second kappa shape index (κ2) is 10.2. The highest BCUT2D eigenvalue weighted by Gasteiger charge is 2.34. The monoisotopic (exact) mass is 481 g/mol. The van der Waals surface area contributed by atoms with Crippen LogP contribution in [-0.4, -0.2) is 34.9 Å². The fraction of sp³-hybridized carbons (Fsp3) is 0.360. The van der Waals surface area contributed by atoms with Gasteiger partial charge in [0.05, 0.1) is 24.0 Å². The van der Waals surface area contributed by atoms with Gasteiger partial charge in [0.25, 0.3) is 5.56 Å². The fourth-order valence-electron chi connectivity index (χ4n) is 4.09. The van der Waals surface area contributed by atoms with Gasteiger partial charge in [-0.3, -0.25) is 9.69 Å². The van der Waals surface area contributed by atoms with E-state index in [1.165, 1.54) is 10.8 Å². The van der Waals surface area contributed by atoms with E-state index in [1.807, 2.05) is 12.1 Å². The number of hydrogen-bond acceptors (Lipinski definition) is 7. The molecule has 2 heterocycles. The van der Waals surface area contributed by atoms with Gasteiger partial charge in [0.2, 0.25) is 11.7 Å². The molecule has 1 aromatic carbocycles. The lowest BCUT2D eigenvalue weighted by Gasteiger charge is -2.27. The Morgan fingerprint density at radius 3 is 2.54 bits per heavy atom. The number of anilines is 3. The number of pyridine rings is 1. The molecular formula is C25H25F2N5O3. The predicted molar refractivity (Wildman–Crippen MR) is 125 cm³/mol. The summed E-state index contributed by atoms with van der Waals surface area (Å²) in [6.45, 7) is 0.533. The first kappa shape index (κ1) is 24.3. The average Bonchev–Trinajstić information content (AvgIpc) is 3.67. The van der Waals surface area contributed by atoms with Crippen LogP contribution in [-0.2, 0) is 4.74 Å². The highest BCUT2D eigenvalue weighted by Crippen LogP contribution is 2.40. The number of hydrogen-bond donors (Lipinski definition) is 0. The molecule has 1 saturated carbocycles. The summed E-state index contributed by atoms with van der Waals surface area (Å²) in [6.07, 6.45) is 3.40. The van der Waals surface area contributed by atoms with Crippen molar-refractivity contribution in [3.8, 4) is 11.9 Å². The summed E-state index contributed by atoms with van der Waals surface area (Å²) in [5.41, 5.74) is 1.44. The lowest BCUT2D eigenvalue weighted by molar-refractivity contribution is -0.0533. The van der Waals surface area contributed by atoms with Crippen molar-refractivity contribution in [2.75, 3.05) is 18.6 Å². The molecule has 1 fully saturated rings. The largest absolute Gasteiger partial charge is 0.417 e. The molecule has 3 aromatic rings. The minimum absolute atomic E-state index is 0.00355. The third-order valence-electron chi connectivity index (χ3n) is 5.89. The Morgan fingerprint density at radius 2 is 1.94 bits per heavy atom. The van der Waals surface area contributed by atoms with Crippen molar-refractivity contribution in [1.29, 1.82) is 5.26 Å². The maximum atomic E-state index is 13.8. The molecule has 0 bridgehead atoms. The molecule has 0 spiro atoms. The number of rotatable bonds is 9. The summed E-state index contributed by atoms with van der Waals surface area (Å²) in [4.78, 5) is 24.0. The van der Waals surface area contributed by atoms with Crippen molar-refractivity contribution in [1.82, 2.24) is 14.5 Å². The van der Waals surface area contributed by atoms with Crippen molar-refractivity contribution in [3.63, 3.8) is 0 Å². The summed E-state index contributed by atoms with van der Waals surface area (Å²) in [7, 11) is 1.57. The standard InChI is InChI=1S/C25H25F2N5O3/c1-15-11-20(16(2)29-23(15)35-25(26)27)32(19-7-5-4-6-8-19)22-24(33)31(13-18(12-28)30-22)21(14-34-3)17-9-10-17/h4-8,11,13,17,21,25H,9-10,14H2,1-3H3. The number of methoxy groups -OCH3 is 1. The minimum Gasteiger partial charge on any atom is -0.417 e. The van der Waals surface area contributed by atoms with Gasteiger partial charge in [0.15, 0.2) is 5.69 Å². The van der Waals surface area contributed by atoms with Gasteiger partial charge in [-0.15, -0.1) is 0 Å². The van der Waals surface area contributed by atoms with Crippen molar-refractivity contribution in [3.05, 3.63) is 69.9 Å². The van der Waals surface area contributed by atoms with Crippen LogP contribution in [0.15, 0.2) is 47.4 Å². The number of nitriles is 1. The molecule has 10 heteroatoms. The van der Waals surface area contributed by atoms with Crippen LogP contribution in [0.4, 0.5) is 26.0 Å². The summed E-state index contributed by atoms with van der Waals surface area (Å²) in [5, 5.41) is 9.71. The quantitative estimate of drug-likeness (QED) is 0.434. The Morgan fingerprint density at radius 1 is 1.23 bits per heavy atom. The Bertz CT molecular complexity index is 1300. The van der Waals surface area contributed by atoms with Crippen LogP contribution in [0.25, 0.3) is 0 Å². The second-order valence-corrected chi connectivity index (χ2v) is 8.40. The van der Waals surface area contributed by atoms with Crippen molar-refractivity contribution < 1.29 is 18.3 Å². The van der Waals surface area contributed by atoms with E-state index in [1.54, 1.807) is 56.2 Å². The number of benzene rings is 1. The topological polar surface area (TPSA) is 93.3 Å². The van der Waals surface area contributed by atoms with Crippen LogP contribution >= 0.6 is 0 Å². The molecule has 0 N–H and O–H groups in total. The van der Waals surface area contributed by atoms with Gasteiger partial charge in [-0.2, -0.15) is 14.0 Å². The van der Waals surface area contributed by atoms with Gasteiger partial charge in [-0.1, -0.05) is 18.2 Å². The maximum Gasteiger partial charge on any atom is 0.388 e. The third-order valence-corrected chi connectivity index (χ3v) is 5.89. The molecular weight excluding hydrogens is 456 g/mol. The lowest BCUT2D eigenvalue weighted by Crippen LogP contribution is -2.33. The Labute approximate surface area is 201 Å². The number of nitrogens with zero attached hydrogens (tertiary/aromatic N) is 5. The first-order valence-electron chi connectivity index (χ1n) is 11.1. The Hall–Kier alpha value is -3.84. The van der Waals surface area contributed by atoms with Crippen LogP contribution in [0.5, 0.6) is 5.88 Å². The molecule has 8 nitrogen and oxygen atoms in total. The molecule has 0 radical (unpaired) electrons. The van der Waals surface area contributed by atoms with Crippen LogP contribution < -0.4 is 15.2 Å². The third kappa shape index (κ3) is 5.15. The normalized spacial score (nSPS) is 14.0. The number of aryl methyl sites for hydroxylation is 2. The lowest BCUT2D eigenvalue weighted by atomic mass is 10.1. The van der Waals surface area contributed by atoms with Crippen LogP contribution in [0.2, 0.25) is 0 Å². The predicted octanol–water partition coefficient (Wildman–Crippen LogP) is 4.80. The maximum absolute atomic E-state index is 13.8. The smallest absolute Gasteiger partial charge is 0.388 e. The molecule has 35 heavy (non-hydrogen) atoms. The highest BCUT2D eigenvalue weighted by atomic mass is 19.3. The van der Waals surface area contributed by atoms with E-state index < -0.39 is 12.2 Å². The molecule has 0 saturated heterocycles. The number of halogens is 2. The van der Waals surface area contributed by atoms with Crippen molar-refractivity contribution >= 4 is 17.2 Å². The number of alkyl halides is 2. The van der Waals surface area contributed by atoms with Gasteiger partial charge in [0.1, 0.15) is 6.07 Å². The van der Waals surface area contributed by atoms with Gasteiger partial charge in [0, 0.05) is 24.6 Å². The molecule has 4 rings (SSSR count). The SMILES string of the molecule is COCC(C1CC1)n1cc(C#N)nc(N(c2ccccc2)c2cc(C)c(OC(F)F)nc2C)c1=O. The zero-order valence-electron chi connectivity index (χ0n) is 19.6. The number of aromatic nitrogens is 3. The first-order valence-corrected chi connectivity index (χ1v) is 11.1. The Kier molecular flexibility index (Phi) is 7.07. The van der Waals surface area contributed by atoms with Gasteiger partial charge >= 0.3 is 6.61 Å². The van der Waals surface area contributed by atoms with E-state index in [-0.39, 0.29) is 29.4 Å². The van der Waals surface area contributed by atoms with Crippen molar-refractivity contribution in [2.45, 2.75) is 39.3 Å². The summed E-state index contributed by atoms with van der Waals surface area (Å²) in [5.74, 6) is 0.0826. The van der Waals surface area contributed by atoms with Gasteiger partial charge in [-0.05, 0) is 50.8 Å². The van der Waals surface area contributed by atoms with Gasteiger partial charge in [-0.25, -0.2) is 9.97 Å². The van der Waals surface area contributed by atoms with E-state index in [4.69, 9.17) is 4.74 Å². The highest BCUT2D eigenvalue weighted by molar-refractivity contribution is 5.76. The first-order chi connectivity index (χ1) is 16.8. The summed E-state index contributed by atoms with van der Waals surface area (Å²) in [6, 6.07) is 12.4. The minimum atomic E-state index is -3.02. The second-order valence-electron chi connectivity index (χ2n) is 8.40. The number of ether oxygens (including phenoxy) is 2.